The molecule has 2 aromatic carbocycles. The van der Waals surface area contributed by atoms with Crippen LogP contribution in [0.1, 0.15) is 58.1 Å². The fourth-order valence-electron chi connectivity index (χ4n) is 2.01. The van der Waals surface area contributed by atoms with Crippen LogP contribution in [0, 0.1) is 0 Å². The van der Waals surface area contributed by atoms with E-state index in [4.69, 9.17) is 0 Å². The van der Waals surface area contributed by atoms with Crippen LogP contribution < -0.4 is 47.9 Å². The Morgan fingerprint density at radius 1 is 0.875 bits per heavy atom. The third kappa shape index (κ3) is 8.91. The van der Waals surface area contributed by atoms with Gasteiger partial charge in [-0.25, -0.2) is 0 Å². The van der Waals surface area contributed by atoms with E-state index in [2.05, 4.69) is 34.6 Å². The summed E-state index contributed by atoms with van der Waals surface area (Å²) in [5, 5.41) is 21.7. The Hall–Kier alpha value is -0.765. The zero-order valence-electron chi connectivity index (χ0n) is 16.2. The van der Waals surface area contributed by atoms with E-state index in [0.29, 0.717) is 5.92 Å². The number of hydrogen-bond donors (Lipinski definition) is 0. The zero-order valence-corrected chi connectivity index (χ0v) is 16.2. The summed E-state index contributed by atoms with van der Waals surface area (Å²) in [5.74, 6) is 0.699. The van der Waals surface area contributed by atoms with Gasteiger partial charge in [0.25, 0.3) is 0 Å². The van der Waals surface area contributed by atoms with Crippen molar-refractivity contribution in [3.8, 4) is 11.5 Å². The second-order valence-electron chi connectivity index (χ2n) is 6.66. The Morgan fingerprint density at radius 3 is 1.83 bits per heavy atom. The van der Waals surface area contributed by atoms with Gasteiger partial charge < -0.3 is 10.2 Å². The topological polar surface area (TPSA) is 46.1 Å². The molecule has 120 valence electrons. The average Bonchev–Trinajstić information content (AvgIpc) is 2.46. The van der Waals surface area contributed by atoms with Crippen molar-refractivity contribution < 1.29 is 47.9 Å². The van der Waals surface area contributed by atoms with Gasteiger partial charge in [-0.15, -0.1) is 11.5 Å². The molecule has 0 bridgehead atoms. The van der Waals surface area contributed by atoms with E-state index in [0.717, 1.165) is 12.0 Å². The van der Waals surface area contributed by atoms with Gasteiger partial charge in [-0.1, -0.05) is 83.1 Å². The van der Waals surface area contributed by atoms with Crippen molar-refractivity contribution in [2.45, 2.75) is 52.4 Å². The molecule has 0 N–H and O–H groups in total. The predicted octanol–water partition coefficient (Wildman–Crippen LogP) is -1.66. The molecule has 0 aromatic heterocycles. The van der Waals surface area contributed by atoms with Gasteiger partial charge in [-0.05, 0) is 28.9 Å². The maximum absolute atomic E-state index is 10.9. The molecular weight excluding hydrogens is 286 g/mol. The molecule has 0 heterocycles. The Labute approximate surface area is 171 Å². The number of rotatable bonds is 2. The summed E-state index contributed by atoms with van der Waals surface area (Å²) < 4.78 is 0. The Kier molecular flexibility index (Phi) is 12.5. The summed E-state index contributed by atoms with van der Waals surface area (Å²) in [4.78, 5) is 0. The molecule has 0 aliphatic heterocycles. The second kappa shape index (κ2) is 11.7. The van der Waals surface area contributed by atoms with Crippen LogP contribution in [-0.4, -0.2) is 0 Å². The average molecular weight is 312 g/mol. The van der Waals surface area contributed by atoms with Crippen LogP contribution in [-0.2, 0) is 5.41 Å². The van der Waals surface area contributed by atoms with Crippen LogP contribution in [0.5, 0.6) is 11.5 Å². The van der Waals surface area contributed by atoms with E-state index in [-0.39, 0.29) is 54.6 Å². The molecular formula is C20H26Li2O2. The van der Waals surface area contributed by atoms with Crippen molar-refractivity contribution in [2.75, 3.05) is 0 Å². The van der Waals surface area contributed by atoms with E-state index in [1.807, 2.05) is 24.3 Å². The minimum absolute atomic E-state index is 0. The first-order valence-electron chi connectivity index (χ1n) is 7.78. The number of benzene rings is 2. The van der Waals surface area contributed by atoms with Crippen LogP contribution in [0.4, 0.5) is 0 Å². The molecule has 0 aliphatic carbocycles. The molecule has 2 rings (SSSR count). The van der Waals surface area contributed by atoms with Gasteiger partial charge in [0.05, 0.1) is 0 Å². The van der Waals surface area contributed by atoms with E-state index in [9.17, 15) is 10.2 Å². The van der Waals surface area contributed by atoms with Crippen molar-refractivity contribution in [3.05, 3.63) is 59.7 Å². The van der Waals surface area contributed by atoms with Gasteiger partial charge in [0.2, 0.25) is 0 Å². The van der Waals surface area contributed by atoms with Gasteiger partial charge in [0.15, 0.2) is 0 Å². The van der Waals surface area contributed by atoms with Gasteiger partial charge in [-0.2, -0.15) is 0 Å². The Bertz CT molecular complexity index is 575. The molecule has 0 saturated heterocycles. The Morgan fingerprint density at radius 2 is 1.42 bits per heavy atom. The fourth-order valence-corrected chi connectivity index (χ4v) is 2.01. The quantitative estimate of drug-likeness (QED) is 0.623. The molecule has 24 heavy (non-hydrogen) atoms. The van der Waals surface area contributed by atoms with Crippen LogP contribution in [0.2, 0.25) is 0 Å². The molecule has 4 heteroatoms. The summed E-state index contributed by atoms with van der Waals surface area (Å²) in [5.41, 5.74) is 2.50. The van der Waals surface area contributed by atoms with Crippen LogP contribution in [0.15, 0.2) is 48.5 Å². The van der Waals surface area contributed by atoms with E-state index in [1.54, 1.807) is 24.3 Å². The summed E-state index contributed by atoms with van der Waals surface area (Å²) >= 11 is 0. The van der Waals surface area contributed by atoms with Gasteiger partial charge in [-0.3, -0.25) is 0 Å². The number of hydrogen-bond acceptors (Lipinski definition) is 2. The minimum atomic E-state index is 0. The second-order valence-corrected chi connectivity index (χ2v) is 6.66. The SMILES string of the molecule is CC(C)(C)c1ccc([O-])cc1.CCC(C)c1cccc([O-])c1.[Li+].[Li+]. The molecule has 1 atom stereocenters. The predicted molar refractivity (Wildman–Crippen MR) is 89.2 cm³/mol. The van der Waals surface area contributed by atoms with E-state index < -0.39 is 0 Å². The minimum Gasteiger partial charge on any atom is -0.872 e. The molecule has 2 aromatic rings. The standard InChI is InChI=1S/2C10H14O.2Li/c1-10(2,3)8-4-6-9(11)7-5-8;1-3-8(2)9-5-4-6-10(11)7-9;;/h4-7,11H,1-3H3;4-8,11H,3H2,1-2H3;;/q;;2*+1/p-2. The Balaban J connectivity index is 0. The molecule has 2 nitrogen and oxygen atoms in total. The van der Waals surface area contributed by atoms with Crippen molar-refractivity contribution in [1.82, 2.24) is 0 Å². The fraction of sp³-hybridized carbons (Fsp3) is 0.400. The first kappa shape index (κ1) is 25.5. The van der Waals surface area contributed by atoms with Crippen LogP contribution >= 0.6 is 0 Å². The van der Waals surface area contributed by atoms with Gasteiger partial charge in [0, 0.05) is 0 Å². The van der Waals surface area contributed by atoms with Crippen molar-refractivity contribution in [3.63, 3.8) is 0 Å². The first-order valence-corrected chi connectivity index (χ1v) is 7.78. The van der Waals surface area contributed by atoms with Gasteiger partial charge >= 0.3 is 37.7 Å². The van der Waals surface area contributed by atoms with Crippen LogP contribution in [0.25, 0.3) is 0 Å². The molecule has 0 amide bonds. The summed E-state index contributed by atoms with van der Waals surface area (Å²) in [6.07, 6.45) is 1.09. The van der Waals surface area contributed by atoms with E-state index in [1.165, 1.54) is 5.56 Å². The summed E-state index contributed by atoms with van der Waals surface area (Å²) in [7, 11) is 0. The van der Waals surface area contributed by atoms with Crippen molar-refractivity contribution in [2.24, 2.45) is 0 Å². The summed E-state index contributed by atoms with van der Waals surface area (Å²) in [6.45, 7) is 10.7. The monoisotopic (exact) mass is 312 g/mol. The third-order valence-electron chi connectivity index (χ3n) is 3.76. The normalized spacial score (nSPS) is 11.2. The van der Waals surface area contributed by atoms with Gasteiger partial charge in [0.1, 0.15) is 0 Å². The molecule has 0 radical (unpaired) electrons. The first-order chi connectivity index (χ1) is 10.2. The maximum Gasteiger partial charge on any atom is 1.00 e. The molecule has 0 aliphatic rings. The summed E-state index contributed by atoms with van der Waals surface area (Å²) in [6, 6.07) is 14.1. The molecule has 0 saturated carbocycles. The largest absolute Gasteiger partial charge is 1.00 e. The smallest absolute Gasteiger partial charge is 0.872 e. The van der Waals surface area contributed by atoms with Crippen LogP contribution in [0.3, 0.4) is 0 Å². The molecule has 0 spiro atoms. The zero-order chi connectivity index (χ0) is 16.8. The third-order valence-corrected chi connectivity index (χ3v) is 3.76. The molecule has 0 fully saturated rings. The van der Waals surface area contributed by atoms with Crippen molar-refractivity contribution >= 4 is 0 Å². The van der Waals surface area contributed by atoms with E-state index >= 15 is 0 Å². The molecule has 1 unspecified atom stereocenters. The van der Waals surface area contributed by atoms with Crippen molar-refractivity contribution in [1.29, 1.82) is 0 Å². The maximum atomic E-state index is 10.9.